The van der Waals surface area contributed by atoms with Crippen LogP contribution in [-0.4, -0.2) is 18.0 Å². The van der Waals surface area contributed by atoms with Crippen molar-refractivity contribution in [3.05, 3.63) is 38.5 Å². The van der Waals surface area contributed by atoms with E-state index in [2.05, 4.69) is 45.0 Å². The first-order chi connectivity index (χ1) is 8.78. The molecule has 0 aliphatic heterocycles. The number of thiazole rings is 1. The standard InChI is InChI=1S/C12H16N4S2.HI/c1-9-6-14-11(18-9)8-16-12(13-2)15-7-10-4-3-5-17-10;/h3-6H,7-8H2,1-2H3,(H2,13,15,16);1H. The summed E-state index contributed by atoms with van der Waals surface area (Å²) >= 11 is 3.44. The SMILES string of the molecule is CN=C(NCc1cccs1)NCc1ncc(C)s1.I. The molecule has 0 aromatic carbocycles. The number of hydrogen-bond donors (Lipinski definition) is 2. The molecule has 0 atom stereocenters. The molecule has 0 amide bonds. The van der Waals surface area contributed by atoms with Gasteiger partial charge in [-0.25, -0.2) is 4.98 Å². The Kier molecular flexibility index (Phi) is 7.32. The van der Waals surface area contributed by atoms with Gasteiger partial charge in [-0.1, -0.05) is 6.07 Å². The molecule has 7 heteroatoms. The third-order valence-electron chi connectivity index (χ3n) is 2.31. The van der Waals surface area contributed by atoms with Crippen LogP contribution in [0.25, 0.3) is 0 Å². The zero-order chi connectivity index (χ0) is 12.8. The van der Waals surface area contributed by atoms with Crippen molar-refractivity contribution in [2.45, 2.75) is 20.0 Å². The summed E-state index contributed by atoms with van der Waals surface area (Å²) in [7, 11) is 1.77. The largest absolute Gasteiger partial charge is 0.352 e. The summed E-state index contributed by atoms with van der Waals surface area (Å²) < 4.78 is 0. The molecule has 2 aromatic heterocycles. The number of nitrogens with one attached hydrogen (secondary N) is 2. The summed E-state index contributed by atoms with van der Waals surface area (Å²) in [6, 6.07) is 4.16. The maximum atomic E-state index is 4.31. The van der Waals surface area contributed by atoms with Crippen molar-refractivity contribution in [1.82, 2.24) is 15.6 Å². The van der Waals surface area contributed by atoms with Crippen molar-refractivity contribution in [3.63, 3.8) is 0 Å². The number of rotatable bonds is 4. The third-order valence-corrected chi connectivity index (χ3v) is 4.10. The van der Waals surface area contributed by atoms with Gasteiger partial charge in [0.15, 0.2) is 5.96 Å². The average Bonchev–Trinajstić information content (AvgIpc) is 3.01. The monoisotopic (exact) mass is 408 g/mol. The maximum Gasteiger partial charge on any atom is 0.191 e. The number of aromatic nitrogens is 1. The third kappa shape index (κ3) is 5.45. The quantitative estimate of drug-likeness (QED) is 0.465. The lowest BCUT2D eigenvalue weighted by atomic mass is 10.5. The number of thiophene rings is 1. The highest BCUT2D eigenvalue weighted by atomic mass is 127. The van der Waals surface area contributed by atoms with Gasteiger partial charge in [-0.2, -0.15) is 0 Å². The first kappa shape index (κ1) is 16.4. The van der Waals surface area contributed by atoms with Gasteiger partial charge in [-0.15, -0.1) is 46.7 Å². The highest BCUT2D eigenvalue weighted by molar-refractivity contribution is 14.0. The van der Waals surface area contributed by atoms with Crippen LogP contribution in [0.2, 0.25) is 0 Å². The van der Waals surface area contributed by atoms with Crippen LogP contribution in [0.3, 0.4) is 0 Å². The van der Waals surface area contributed by atoms with Crippen LogP contribution in [-0.2, 0) is 13.1 Å². The van der Waals surface area contributed by atoms with Crippen LogP contribution < -0.4 is 10.6 Å². The van der Waals surface area contributed by atoms with Gasteiger partial charge in [0.05, 0.1) is 13.1 Å². The summed E-state index contributed by atoms with van der Waals surface area (Å²) in [5.41, 5.74) is 0. The van der Waals surface area contributed by atoms with E-state index in [1.807, 2.05) is 6.20 Å². The van der Waals surface area contributed by atoms with Crippen molar-refractivity contribution in [1.29, 1.82) is 0 Å². The van der Waals surface area contributed by atoms with Gasteiger partial charge in [-0.3, -0.25) is 4.99 Å². The Balaban J connectivity index is 0.00000180. The number of aryl methyl sites for hydroxylation is 1. The van der Waals surface area contributed by atoms with E-state index in [4.69, 9.17) is 0 Å². The molecule has 0 spiro atoms. The fourth-order valence-electron chi connectivity index (χ4n) is 1.45. The van der Waals surface area contributed by atoms with Crippen molar-refractivity contribution >= 4 is 52.6 Å². The van der Waals surface area contributed by atoms with Crippen molar-refractivity contribution in [3.8, 4) is 0 Å². The molecule has 2 aromatic rings. The second kappa shape index (κ2) is 8.49. The zero-order valence-electron chi connectivity index (χ0n) is 10.8. The van der Waals surface area contributed by atoms with Crippen molar-refractivity contribution in [2.75, 3.05) is 7.05 Å². The van der Waals surface area contributed by atoms with E-state index in [0.29, 0.717) is 6.54 Å². The lowest BCUT2D eigenvalue weighted by Crippen LogP contribution is -2.36. The molecule has 0 fully saturated rings. The lowest BCUT2D eigenvalue weighted by Gasteiger charge is -2.09. The summed E-state index contributed by atoms with van der Waals surface area (Å²) in [5.74, 6) is 0.802. The Labute approximate surface area is 138 Å². The molecule has 0 aliphatic rings. The molecule has 2 N–H and O–H groups in total. The molecule has 0 saturated heterocycles. The Morgan fingerprint density at radius 1 is 1.37 bits per heavy atom. The molecule has 0 saturated carbocycles. The average molecular weight is 408 g/mol. The van der Waals surface area contributed by atoms with Crippen LogP contribution in [0.4, 0.5) is 0 Å². The van der Waals surface area contributed by atoms with Crippen LogP contribution in [0.5, 0.6) is 0 Å². The summed E-state index contributed by atoms with van der Waals surface area (Å²) in [5, 5.41) is 9.68. The topological polar surface area (TPSA) is 49.3 Å². The molecular weight excluding hydrogens is 391 g/mol. The Hall–Kier alpha value is -0.670. The minimum Gasteiger partial charge on any atom is -0.352 e. The minimum absolute atomic E-state index is 0. The number of halogens is 1. The predicted molar refractivity (Wildman–Crippen MR) is 93.6 cm³/mol. The molecule has 0 radical (unpaired) electrons. The van der Waals surface area contributed by atoms with Gasteiger partial charge >= 0.3 is 0 Å². The number of nitrogens with zero attached hydrogens (tertiary/aromatic N) is 2. The molecule has 0 bridgehead atoms. The van der Waals surface area contributed by atoms with Crippen LogP contribution in [0.15, 0.2) is 28.7 Å². The second-order valence-corrected chi connectivity index (χ2v) is 6.07. The van der Waals surface area contributed by atoms with E-state index in [0.717, 1.165) is 17.5 Å². The fraction of sp³-hybridized carbons (Fsp3) is 0.333. The Morgan fingerprint density at radius 3 is 2.74 bits per heavy atom. The summed E-state index contributed by atoms with van der Waals surface area (Å²) in [6.45, 7) is 3.57. The van der Waals surface area contributed by atoms with E-state index >= 15 is 0 Å². The molecule has 2 rings (SSSR count). The number of aliphatic imine (C=N–C) groups is 1. The van der Waals surface area contributed by atoms with Crippen molar-refractivity contribution in [2.24, 2.45) is 4.99 Å². The smallest absolute Gasteiger partial charge is 0.191 e. The molecular formula is C12H17IN4S2. The summed E-state index contributed by atoms with van der Waals surface area (Å²) in [4.78, 5) is 11.0. The summed E-state index contributed by atoms with van der Waals surface area (Å²) in [6.07, 6.45) is 1.89. The van der Waals surface area contributed by atoms with Gasteiger partial charge in [0.2, 0.25) is 0 Å². The van der Waals surface area contributed by atoms with Gasteiger partial charge in [0, 0.05) is 23.0 Å². The van der Waals surface area contributed by atoms with E-state index in [1.54, 1.807) is 29.7 Å². The van der Waals surface area contributed by atoms with Gasteiger partial charge in [-0.05, 0) is 18.4 Å². The molecule has 0 unspecified atom stereocenters. The molecule has 104 valence electrons. The van der Waals surface area contributed by atoms with Crippen molar-refractivity contribution < 1.29 is 0 Å². The van der Waals surface area contributed by atoms with E-state index < -0.39 is 0 Å². The van der Waals surface area contributed by atoms with Crippen LogP contribution >= 0.6 is 46.7 Å². The van der Waals surface area contributed by atoms with E-state index in [1.165, 1.54) is 9.75 Å². The van der Waals surface area contributed by atoms with E-state index in [-0.39, 0.29) is 24.0 Å². The van der Waals surface area contributed by atoms with E-state index in [9.17, 15) is 0 Å². The molecule has 19 heavy (non-hydrogen) atoms. The first-order valence-electron chi connectivity index (χ1n) is 5.66. The molecule has 4 nitrogen and oxygen atoms in total. The Morgan fingerprint density at radius 2 is 2.16 bits per heavy atom. The molecule has 2 heterocycles. The predicted octanol–water partition coefficient (Wildman–Crippen LogP) is 3.00. The normalized spacial score (nSPS) is 10.9. The lowest BCUT2D eigenvalue weighted by molar-refractivity contribution is 0.811. The highest BCUT2D eigenvalue weighted by Gasteiger charge is 2.01. The van der Waals surface area contributed by atoms with Gasteiger partial charge < -0.3 is 10.6 Å². The first-order valence-corrected chi connectivity index (χ1v) is 7.36. The highest BCUT2D eigenvalue weighted by Crippen LogP contribution is 2.10. The minimum atomic E-state index is 0. The zero-order valence-corrected chi connectivity index (χ0v) is 14.8. The maximum absolute atomic E-state index is 4.31. The van der Waals surface area contributed by atoms with Gasteiger partial charge in [0.25, 0.3) is 0 Å². The Bertz CT molecular complexity index is 508. The fourth-order valence-corrected chi connectivity index (χ4v) is 2.82. The number of guanidine groups is 1. The molecule has 0 aliphatic carbocycles. The van der Waals surface area contributed by atoms with Gasteiger partial charge in [0.1, 0.15) is 5.01 Å². The number of hydrogen-bond acceptors (Lipinski definition) is 4. The second-order valence-electron chi connectivity index (χ2n) is 3.72. The van der Waals surface area contributed by atoms with Crippen LogP contribution in [0.1, 0.15) is 14.8 Å². The van der Waals surface area contributed by atoms with Crippen LogP contribution in [0, 0.1) is 6.92 Å².